The fraction of sp³-hybridized carbons (Fsp3) is 0.571. The number of halogens is 3. The molecule has 0 spiro atoms. The van der Waals surface area contributed by atoms with E-state index in [1.54, 1.807) is 0 Å². The number of hydrogen-bond acceptors (Lipinski definition) is 0. The molecule has 1 saturated carbocycles. The van der Waals surface area contributed by atoms with Crippen LogP contribution in [-0.2, 0) is 0 Å². The van der Waals surface area contributed by atoms with Gasteiger partial charge >= 0.3 is 0 Å². The molecular weight excluding hydrogens is 319 g/mol. The van der Waals surface area contributed by atoms with Crippen molar-refractivity contribution in [3.63, 3.8) is 0 Å². The Kier molecular flexibility index (Phi) is 5.20. The van der Waals surface area contributed by atoms with Crippen molar-refractivity contribution in [3.05, 3.63) is 33.8 Å². The third-order valence-corrected chi connectivity index (χ3v) is 5.12. The largest absolute Gasteiger partial charge is 0.0843 e. The molecule has 1 atom stereocenters. The van der Waals surface area contributed by atoms with Gasteiger partial charge in [0.05, 0.1) is 0 Å². The SMILES string of the molecule is Clc1ccc(C(Br)CCC2CCCC2)c(Cl)c1. The van der Waals surface area contributed by atoms with Crippen LogP contribution in [0.2, 0.25) is 10.0 Å². The molecule has 2 rings (SSSR count). The average Bonchev–Trinajstić information content (AvgIpc) is 2.78. The third kappa shape index (κ3) is 3.87. The minimum absolute atomic E-state index is 0.355. The summed E-state index contributed by atoms with van der Waals surface area (Å²) in [6.45, 7) is 0. The molecule has 0 aliphatic heterocycles. The van der Waals surface area contributed by atoms with Crippen LogP contribution in [0.4, 0.5) is 0 Å². The molecule has 0 aromatic heterocycles. The van der Waals surface area contributed by atoms with Gasteiger partial charge in [0.2, 0.25) is 0 Å². The highest BCUT2D eigenvalue weighted by Crippen LogP contribution is 2.37. The van der Waals surface area contributed by atoms with Crippen LogP contribution in [0.1, 0.15) is 48.9 Å². The Morgan fingerprint density at radius 2 is 1.94 bits per heavy atom. The maximum absolute atomic E-state index is 6.21. The molecular formula is C14H17BrCl2. The van der Waals surface area contributed by atoms with E-state index in [-0.39, 0.29) is 0 Å². The molecule has 1 fully saturated rings. The van der Waals surface area contributed by atoms with Crippen molar-refractivity contribution < 1.29 is 0 Å². The lowest BCUT2D eigenvalue weighted by Crippen LogP contribution is -1.97. The first-order valence-electron chi connectivity index (χ1n) is 6.26. The first-order chi connectivity index (χ1) is 8.16. The Morgan fingerprint density at radius 3 is 2.59 bits per heavy atom. The van der Waals surface area contributed by atoms with E-state index in [0.29, 0.717) is 9.85 Å². The standard InChI is InChI=1S/C14H17BrCl2/c15-13(8-5-10-3-1-2-4-10)12-7-6-11(16)9-14(12)17/h6-7,9-10,13H,1-5,8H2. The van der Waals surface area contributed by atoms with Gasteiger partial charge in [0.1, 0.15) is 0 Å². The summed E-state index contributed by atoms with van der Waals surface area (Å²) in [4.78, 5) is 0.355. The third-order valence-electron chi connectivity index (χ3n) is 3.60. The predicted octanol–water partition coefficient (Wildman–Crippen LogP) is 6.40. The number of hydrogen-bond donors (Lipinski definition) is 0. The van der Waals surface area contributed by atoms with Crippen molar-refractivity contribution in [2.45, 2.75) is 43.4 Å². The highest BCUT2D eigenvalue weighted by Gasteiger charge is 2.18. The van der Waals surface area contributed by atoms with Gasteiger partial charge in [-0.3, -0.25) is 0 Å². The smallest absolute Gasteiger partial charge is 0.0464 e. The molecule has 1 aromatic rings. The highest BCUT2D eigenvalue weighted by molar-refractivity contribution is 9.09. The zero-order chi connectivity index (χ0) is 12.3. The molecule has 1 aliphatic carbocycles. The summed E-state index contributed by atoms with van der Waals surface area (Å²) in [7, 11) is 0. The van der Waals surface area contributed by atoms with E-state index in [0.717, 1.165) is 22.9 Å². The first-order valence-corrected chi connectivity index (χ1v) is 7.93. The molecule has 0 amide bonds. The van der Waals surface area contributed by atoms with Crippen LogP contribution >= 0.6 is 39.1 Å². The van der Waals surface area contributed by atoms with Gasteiger partial charge in [0.15, 0.2) is 0 Å². The van der Waals surface area contributed by atoms with Crippen LogP contribution in [-0.4, -0.2) is 0 Å². The molecule has 3 heteroatoms. The molecule has 1 aliphatic rings. The lowest BCUT2D eigenvalue weighted by atomic mass is 9.98. The Labute approximate surface area is 122 Å². The zero-order valence-corrected chi connectivity index (χ0v) is 12.9. The maximum atomic E-state index is 6.21. The Bertz CT molecular complexity index is 372. The maximum Gasteiger partial charge on any atom is 0.0464 e. The quantitative estimate of drug-likeness (QED) is 0.558. The second-order valence-electron chi connectivity index (χ2n) is 4.86. The molecule has 0 N–H and O–H groups in total. The van der Waals surface area contributed by atoms with Crippen molar-refractivity contribution >= 4 is 39.1 Å². The van der Waals surface area contributed by atoms with E-state index in [9.17, 15) is 0 Å². The van der Waals surface area contributed by atoms with Crippen LogP contribution in [0.3, 0.4) is 0 Å². The second kappa shape index (κ2) is 6.45. The molecule has 17 heavy (non-hydrogen) atoms. The second-order valence-corrected chi connectivity index (χ2v) is 6.81. The van der Waals surface area contributed by atoms with E-state index >= 15 is 0 Å². The summed E-state index contributed by atoms with van der Waals surface area (Å²) in [5.41, 5.74) is 1.16. The summed E-state index contributed by atoms with van der Waals surface area (Å²) in [5.74, 6) is 0.932. The fourth-order valence-electron chi connectivity index (χ4n) is 2.59. The van der Waals surface area contributed by atoms with Gasteiger partial charge in [-0.25, -0.2) is 0 Å². The predicted molar refractivity (Wildman–Crippen MR) is 79.3 cm³/mol. The molecule has 1 unspecified atom stereocenters. The molecule has 0 nitrogen and oxygen atoms in total. The topological polar surface area (TPSA) is 0 Å². The Morgan fingerprint density at radius 1 is 1.24 bits per heavy atom. The number of alkyl halides is 1. The van der Waals surface area contributed by atoms with Crippen LogP contribution in [0.25, 0.3) is 0 Å². The van der Waals surface area contributed by atoms with E-state index in [1.165, 1.54) is 32.1 Å². The molecule has 94 valence electrons. The van der Waals surface area contributed by atoms with Crippen molar-refractivity contribution in [2.75, 3.05) is 0 Å². The lowest BCUT2D eigenvalue weighted by Gasteiger charge is -2.15. The highest BCUT2D eigenvalue weighted by atomic mass is 79.9. The average molecular weight is 336 g/mol. The fourth-order valence-corrected chi connectivity index (χ4v) is 3.93. The van der Waals surface area contributed by atoms with Crippen LogP contribution < -0.4 is 0 Å². The van der Waals surface area contributed by atoms with Gasteiger partial charge in [-0.2, -0.15) is 0 Å². The molecule has 0 bridgehead atoms. The number of rotatable bonds is 4. The van der Waals surface area contributed by atoms with Crippen LogP contribution in [0.15, 0.2) is 18.2 Å². The monoisotopic (exact) mass is 334 g/mol. The Balaban J connectivity index is 1.91. The van der Waals surface area contributed by atoms with E-state index < -0.39 is 0 Å². The molecule has 0 radical (unpaired) electrons. The van der Waals surface area contributed by atoms with Gasteiger partial charge in [-0.15, -0.1) is 0 Å². The van der Waals surface area contributed by atoms with Gasteiger partial charge < -0.3 is 0 Å². The van der Waals surface area contributed by atoms with Gasteiger partial charge in [-0.1, -0.05) is 70.9 Å². The molecule has 0 heterocycles. The lowest BCUT2D eigenvalue weighted by molar-refractivity contribution is 0.483. The van der Waals surface area contributed by atoms with Crippen LogP contribution in [0, 0.1) is 5.92 Å². The van der Waals surface area contributed by atoms with Gasteiger partial charge in [0.25, 0.3) is 0 Å². The molecule has 1 aromatic carbocycles. The normalized spacial score (nSPS) is 18.5. The van der Waals surface area contributed by atoms with Crippen molar-refractivity contribution in [3.8, 4) is 0 Å². The minimum Gasteiger partial charge on any atom is -0.0843 e. The Hall–Kier alpha value is 0.280. The zero-order valence-electron chi connectivity index (χ0n) is 9.76. The van der Waals surface area contributed by atoms with Crippen molar-refractivity contribution in [1.82, 2.24) is 0 Å². The van der Waals surface area contributed by atoms with Crippen molar-refractivity contribution in [2.24, 2.45) is 5.92 Å². The number of benzene rings is 1. The summed E-state index contributed by atoms with van der Waals surface area (Å²) in [5, 5.41) is 1.47. The van der Waals surface area contributed by atoms with Gasteiger partial charge in [0, 0.05) is 14.9 Å². The summed E-state index contributed by atoms with van der Waals surface area (Å²) in [6.07, 6.45) is 8.11. The van der Waals surface area contributed by atoms with E-state index in [2.05, 4.69) is 15.9 Å². The summed E-state index contributed by atoms with van der Waals surface area (Å²) < 4.78 is 0. The van der Waals surface area contributed by atoms with Crippen molar-refractivity contribution in [1.29, 1.82) is 0 Å². The minimum atomic E-state index is 0.355. The molecule has 0 saturated heterocycles. The van der Waals surface area contributed by atoms with E-state index in [1.807, 2.05) is 18.2 Å². The first kappa shape index (κ1) is 13.7. The van der Waals surface area contributed by atoms with E-state index in [4.69, 9.17) is 23.2 Å². The van der Waals surface area contributed by atoms with Gasteiger partial charge in [-0.05, 0) is 36.5 Å². The van der Waals surface area contributed by atoms with Crippen LogP contribution in [0.5, 0.6) is 0 Å². The summed E-state index contributed by atoms with van der Waals surface area (Å²) in [6, 6.07) is 5.76. The summed E-state index contributed by atoms with van der Waals surface area (Å²) >= 11 is 15.8.